The number of hydrogen-bond acceptors (Lipinski definition) is 2. The van der Waals surface area contributed by atoms with Gasteiger partial charge in [-0.3, -0.25) is 0 Å². The van der Waals surface area contributed by atoms with Crippen molar-refractivity contribution in [3.63, 3.8) is 0 Å². The molecule has 0 aromatic heterocycles. The van der Waals surface area contributed by atoms with Crippen molar-refractivity contribution in [1.29, 1.82) is 0 Å². The normalized spacial score (nSPS) is 7.78. The Labute approximate surface area is 97.8 Å². The van der Waals surface area contributed by atoms with E-state index in [0.717, 1.165) is 0 Å². The largest absolute Gasteiger partial charge is 0.300 e. The molecule has 0 saturated heterocycles. The van der Waals surface area contributed by atoms with E-state index >= 15 is 0 Å². The molecule has 0 spiro atoms. The number of hydrogen-bond donors (Lipinski definition) is 0. The van der Waals surface area contributed by atoms with Crippen LogP contribution in [0.25, 0.3) is 0 Å². The summed E-state index contributed by atoms with van der Waals surface area (Å²) in [6.07, 6.45) is 0.796. The van der Waals surface area contributed by atoms with Crippen LogP contribution in [0.5, 0.6) is 0 Å². The number of rotatable bonds is 3. The van der Waals surface area contributed by atoms with Crippen LogP contribution in [0.2, 0.25) is 0 Å². The Morgan fingerprint density at radius 3 is 1.33 bits per heavy atom. The summed E-state index contributed by atoms with van der Waals surface area (Å²) in [6, 6.07) is 0. The van der Waals surface area contributed by atoms with Gasteiger partial charge in [-0.15, -0.1) is 0 Å². The summed E-state index contributed by atoms with van der Waals surface area (Å²) >= 11 is 0. The molecule has 9 heavy (non-hydrogen) atoms. The van der Waals surface area contributed by atoms with E-state index in [1.54, 1.807) is 0 Å². The van der Waals surface area contributed by atoms with Crippen LogP contribution in [-0.4, -0.2) is 63.0 Å². The molecular weight excluding hydrogens is 143 g/mol. The predicted octanol–water partition coefficient (Wildman–Crippen LogP) is 0.564. The molecule has 0 saturated carbocycles. The van der Waals surface area contributed by atoms with Crippen LogP contribution in [-0.2, 0) is 9.59 Å². The maximum absolute atomic E-state index is 10.2. The number of Topliss-reactive ketones (excluding diaryl/α,β-unsaturated/α-hetero) is 2. The van der Waals surface area contributed by atoms with Crippen molar-refractivity contribution in [1.82, 2.24) is 0 Å². The summed E-state index contributed by atoms with van der Waals surface area (Å²) < 4.78 is 0. The minimum absolute atomic E-state index is 0. The van der Waals surface area contributed by atoms with E-state index in [9.17, 15) is 9.59 Å². The average molecular weight is 153 g/mol. The summed E-state index contributed by atoms with van der Waals surface area (Å²) in [5, 5.41) is 0. The van der Waals surface area contributed by atoms with E-state index in [-0.39, 0.29) is 63.0 Å². The molecule has 0 fully saturated rings. The minimum atomic E-state index is 0. The predicted molar refractivity (Wildman–Crippen MR) is 36.4 cm³/mol. The van der Waals surface area contributed by atoms with E-state index in [0.29, 0.717) is 12.8 Å². The molecule has 0 aliphatic rings. The van der Waals surface area contributed by atoms with E-state index < -0.39 is 0 Å². The number of carbonyl (C=O) groups is 2. The first-order valence-corrected chi connectivity index (χ1v) is 2.62. The van der Waals surface area contributed by atoms with Crippen molar-refractivity contribution >= 4 is 63.0 Å². The van der Waals surface area contributed by atoms with Gasteiger partial charge in [-0.1, -0.05) is 0 Å². The maximum Gasteiger partial charge on any atom is 0.130 e. The molecule has 47 valence electrons. The third-order valence-corrected chi connectivity index (χ3v) is 0.829. The molecule has 3 heteroatoms. The van der Waals surface area contributed by atoms with Crippen LogP contribution in [0.3, 0.4) is 0 Å². The fourth-order valence-electron chi connectivity index (χ4n) is 0.352. The van der Waals surface area contributed by atoms with E-state index in [1.807, 2.05) is 0 Å². The van der Waals surface area contributed by atoms with Gasteiger partial charge in [-0.2, -0.15) is 0 Å². The van der Waals surface area contributed by atoms with Gasteiger partial charge in [0, 0.05) is 64.2 Å². The van der Waals surface area contributed by atoms with Crippen molar-refractivity contribution in [2.45, 2.75) is 26.7 Å². The zero-order chi connectivity index (χ0) is 6.57. The summed E-state index contributed by atoms with van der Waals surface area (Å²) in [7, 11) is 0. The second kappa shape index (κ2) is 7.09. The maximum atomic E-state index is 10.2. The summed E-state index contributed by atoms with van der Waals surface area (Å²) in [4.78, 5) is 20.4. The second-order valence-electron chi connectivity index (χ2n) is 1.90. The Morgan fingerprint density at radius 2 is 1.22 bits per heavy atom. The van der Waals surface area contributed by atoms with Gasteiger partial charge in [0.05, 0.1) is 0 Å². The molecule has 0 unspecified atom stereocenters. The molecule has 1 radical (unpaired) electrons. The molecule has 0 rings (SSSR count). The van der Waals surface area contributed by atoms with Crippen molar-refractivity contribution in [2.75, 3.05) is 0 Å². The Kier molecular flexibility index (Phi) is 9.95. The van der Waals surface area contributed by atoms with E-state index in [2.05, 4.69) is 0 Å². The van der Waals surface area contributed by atoms with Gasteiger partial charge in [-0.25, -0.2) is 0 Å². The zero-order valence-electron chi connectivity index (χ0n) is 6.23. The standard InChI is InChI=1S/C6H10O2.K/c1-5(7)3-4-6(2)8;/h3-4H2,1-2H3;. The van der Waals surface area contributed by atoms with Crippen LogP contribution < -0.4 is 0 Å². The zero-order valence-corrected chi connectivity index (χ0v) is 9.35. The van der Waals surface area contributed by atoms with Crippen LogP contribution in [0, 0.1) is 0 Å². The van der Waals surface area contributed by atoms with Crippen molar-refractivity contribution in [2.24, 2.45) is 0 Å². The molecule has 0 aliphatic heterocycles. The monoisotopic (exact) mass is 153 g/mol. The average Bonchev–Trinajstić information content (AvgIpc) is 1.61. The van der Waals surface area contributed by atoms with Gasteiger partial charge < -0.3 is 9.59 Å². The van der Waals surface area contributed by atoms with Crippen LogP contribution in [0.15, 0.2) is 0 Å². The molecule has 0 amide bonds. The van der Waals surface area contributed by atoms with Gasteiger partial charge in [-0.05, 0) is 13.8 Å². The van der Waals surface area contributed by atoms with Gasteiger partial charge >= 0.3 is 0 Å². The molecule has 0 aromatic carbocycles. The summed E-state index contributed by atoms with van der Waals surface area (Å²) in [5.41, 5.74) is 0. The number of carbonyl (C=O) groups excluding carboxylic acids is 2. The molecule has 0 aromatic rings. The third kappa shape index (κ3) is 12.2. The first kappa shape index (κ1) is 12.6. The van der Waals surface area contributed by atoms with Gasteiger partial charge in [0.15, 0.2) is 0 Å². The second-order valence-corrected chi connectivity index (χ2v) is 1.90. The van der Waals surface area contributed by atoms with Crippen LogP contribution >= 0.6 is 0 Å². The van der Waals surface area contributed by atoms with Crippen molar-refractivity contribution in [3.05, 3.63) is 0 Å². The van der Waals surface area contributed by atoms with Crippen LogP contribution in [0.1, 0.15) is 26.7 Å². The van der Waals surface area contributed by atoms with Crippen molar-refractivity contribution in [3.8, 4) is 0 Å². The summed E-state index contributed by atoms with van der Waals surface area (Å²) in [5.74, 6) is 0.167. The Bertz CT molecular complexity index is 95.6. The molecule has 2 nitrogen and oxygen atoms in total. The van der Waals surface area contributed by atoms with Gasteiger partial charge in [0.2, 0.25) is 0 Å². The molecule has 0 atom stereocenters. The SMILES string of the molecule is CC(=O)CCC(C)=O.[K]. The fraction of sp³-hybridized carbons (Fsp3) is 0.667. The van der Waals surface area contributed by atoms with E-state index in [4.69, 9.17) is 0 Å². The van der Waals surface area contributed by atoms with Crippen molar-refractivity contribution < 1.29 is 9.59 Å². The molecule has 0 heterocycles. The van der Waals surface area contributed by atoms with Gasteiger partial charge in [0.25, 0.3) is 0 Å². The molecule has 0 bridgehead atoms. The first-order chi connectivity index (χ1) is 3.63. The topological polar surface area (TPSA) is 34.1 Å². The molecule has 0 aliphatic carbocycles. The third-order valence-electron chi connectivity index (χ3n) is 0.829. The number of ketones is 2. The fourth-order valence-corrected chi connectivity index (χ4v) is 0.352. The molecular formula is C6H10KO2. The molecule has 0 N–H and O–H groups in total. The Balaban J connectivity index is 0. The summed E-state index contributed by atoms with van der Waals surface area (Å²) in [6.45, 7) is 2.98. The van der Waals surface area contributed by atoms with Gasteiger partial charge in [0.1, 0.15) is 11.6 Å². The minimum Gasteiger partial charge on any atom is -0.300 e. The van der Waals surface area contributed by atoms with Crippen LogP contribution in [0.4, 0.5) is 0 Å². The van der Waals surface area contributed by atoms with E-state index in [1.165, 1.54) is 13.8 Å². The smallest absolute Gasteiger partial charge is 0.130 e. The first-order valence-electron chi connectivity index (χ1n) is 2.62. The Hall–Kier alpha value is 0.976. The Morgan fingerprint density at radius 1 is 1.00 bits per heavy atom. The quantitative estimate of drug-likeness (QED) is 0.555.